The van der Waals surface area contributed by atoms with Crippen LogP contribution in [0.5, 0.6) is 0 Å². The second-order valence-electron chi connectivity index (χ2n) is 5.37. The quantitative estimate of drug-likeness (QED) is 0.839. The SMILES string of the molecule is CCc1cccc2c1NC(C1CCOC1)C(O)C2. The predicted octanol–water partition coefficient (Wildman–Crippen LogP) is 1.98. The number of rotatable bonds is 2. The summed E-state index contributed by atoms with van der Waals surface area (Å²) in [5.41, 5.74) is 3.85. The Morgan fingerprint density at radius 2 is 2.33 bits per heavy atom. The summed E-state index contributed by atoms with van der Waals surface area (Å²) in [6.45, 7) is 3.78. The fraction of sp³-hybridized carbons (Fsp3) is 0.600. The summed E-state index contributed by atoms with van der Waals surface area (Å²) in [6, 6.07) is 6.52. The van der Waals surface area contributed by atoms with E-state index in [9.17, 15) is 5.11 Å². The second-order valence-corrected chi connectivity index (χ2v) is 5.37. The summed E-state index contributed by atoms with van der Waals surface area (Å²) in [4.78, 5) is 0. The molecule has 3 nitrogen and oxygen atoms in total. The molecule has 2 aliphatic heterocycles. The summed E-state index contributed by atoms with van der Waals surface area (Å²) in [7, 11) is 0. The molecule has 2 aliphatic rings. The number of fused-ring (bicyclic) bond motifs is 1. The molecule has 0 radical (unpaired) electrons. The van der Waals surface area contributed by atoms with Crippen molar-refractivity contribution < 1.29 is 9.84 Å². The van der Waals surface area contributed by atoms with E-state index in [0.717, 1.165) is 32.5 Å². The average Bonchev–Trinajstić information content (AvgIpc) is 2.90. The van der Waals surface area contributed by atoms with Gasteiger partial charge in [-0.05, 0) is 24.0 Å². The van der Waals surface area contributed by atoms with Gasteiger partial charge in [-0.25, -0.2) is 0 Å². The first-order chi connectivity index (χ1) is 8.79. The molecule has 3 heteroatoms. The number of para-hydroxylation sites is 1. The number of aryl methyl sites for hydroxylation is 1. The van der Waals surface area contributed by atoms with Gasteiger partial charge in [0.1, 0.15) is 0 Å². The Kier molecular flexibility index (Phi) is 3.27. The van der Waals surface area contributed by atoms with Crippen LogP contribution in [0.15, 0.2) is 18.2 Å². The van der Waals surface area contributed by atoms with Crippen molar-refractivity contribution in [2.24, 2.45) is 5.92 Å². The Hall–Kier alpha value is -1.06. The van der Waals surface area contributed by atoms with Gasteiger partial charge in [-0.2, -0.15) is 0 Å². The predicted molar refractivity (Wildman–Crippen MR) is 71.9 cm³/mol. The summed E-state index contributed by atoms with van der Waals surface area (Å²) in [5.74, 6) is 0.443. The van der Waals surface area contributed by atoms with Gasteiger partial charge < -0.3 is 15.2 Å². The van der Waals surface area contributed by atoms with Crippen molar-refractivity contribution in [2.45, 2.75) is 38.3 Å². The molecule has 3 atom stereocenters. The third kappa shape index (κ3) is 2.02. The molecule has 1 saturated heterocycles. The first-order valence-electron chi connectivity index (χ1n) is 6.92. The lowest BCUT2D eigenvalue weighted by atomic mass is 9.85. The Morgan fingerprint density at radius 1 is 1.44 bits per heavy atom. The molecule has 1 fully saturated rings. The molecular formula is C15H21NO2. The van der Waals surface area contributed by atoms with Crippen molar-refractivity contribution in [3.63, 3.8) is 0 Å². The first kappa shape index (κ1) is 12.0. The van der Waals surface area contributed by atoms with E-state index in [4.69, 9.17) is 4.74 Å². The molecule has 0 bridgehead atoms. The van der Waals surface area contributed by atoms with Crippen molar-refractivity contribution in [2.75, 3.05) is 18.5 Å². The van der Waals surface area contributed by atoms with E-state index in [0.29, 0.717) is 5.92 Å². The maximum absolute atomic E-state index is 10.3. The Balaban J connectivity index is 1.89. The number of hydrogen-bond donors (Lipinski definition) is 2. The van der Waals surface area contributed by atoms with E-state index in [1.807, 2.05) is 0 Å². The number of benzene rings is 1. The Morgan fingerprint density at radius 3 is 3.06 bits per heavy atom. The van der Waals surface area contributed by atoms with E-state index in [2.05, 4.69) is 30.4 Å². The van der Waals surface area contributed by atoms with Gasteiger partial charge in [-0.15, -0.1) is 0 Å². The number of hydrogen-bond acceptors (Lipinski definition) is 3. The van der Waals surface area contributed by atoms with Crippen LogP contribution in [0.4, 0.5) is 5.69 Å². The topological polar surface area (TPSA) is 41.5 Å². The molecule has 2 N–H and O–H groups in total. The molecule has 0 spiro atoms. The first-order valence-corrected chi connectivity index (χ1v) is 6.92. The zero-order valence-corrected chi connectivity index (χ0v) is 10.9. The summed E-state index contributed by atoms with van der Waals surface area (Å²) in [6.07, 6.45) is 2.55. The van der Waals surface area contributed by atoms with Crippen LogP contribution in [-0.4, -0.2) is 30.5 Å². The van der Waals surface area contributed by atoms with Gasteiger partial charge in [0.15, 0.2) is 0 Å². The van der Waals surface area contributed by atoms with Crippen LogP contribution in [0, 0.1) is 5.92 Å². The molecule has 18 heavy (non-hydrogen) atoms. The molecule has 1 aromatic carbocycles. The van der Waals surface area contributed by atoms with E-state index in [-0.39, 0.29) is 12.1 Å². The van der Waals surface area contributed by atoms with Crippen molar-refractivity contribution >= 4 is 5.69 Å². The smallest absolute Gasteiger partial charge is 0.0785 e. The van der Waals surface area contributed by atoms with Crippen LogP contribution in [0.25, 0.3) is 0 Å². The lowest BCUT2D eigenvalue weighted by Gasteiger charge is -2.36. The minimum absolute atomic E-state index is 0.146. The highest BCUT2D eigenvalue weighted by Crippen LogP contribution is 2.33. The molecule has 0 saturated carbocycles. The number of nitrogens with one attached hydrogen (secondary N) is 1. The van der Waals surface area contributed by atoms with Crippen molar-refractivity contribution in [1.29, 1.82) is 0 Å². The summed E-state index contributed by atoms with van der Waals surface area (Å²) < 4.78 is 5.45. The summed E-state index contributed by atoms with van der Waals surface area (Å²) in [5, 5.41) is 13.9. The van der Waals surface area contributed by atoms with Gasteiger partial charge in [0, 0.05) is 24.6 Å². The van der Waals surface area contributed by atoms with Gasteiger partial charge in [0.25, 0.3) is 0 Å². The zero-order valence-electron chi connectivity index (χ0n) is 10.9. The lowest BCUT2D eigenvalue weighted by molar-refractivity contribution is 0.111. The van der Waals surface area contributed by atoms with Gasteiger partial charge in [-0.1, -0.05) is 25.1 Å². The fourth-order valence-electron chi connectivity index (χ4n) is 3.19. The van der Waals surface area contributed by atoms with Crippen molar-refractivity contribution in [3.8, 4) is 0 Å². The molecule has 3 rings (SSSR count). The highest BCUT2D eigenvalue weighted by Gasteiger charge is 2.35. The standard InChI is InChI=1S/C15H21NO2/c1-2-10-4-3-5-11-8-13(17)15(16-14(10)11)12-6-7-18-9-12/h3-5,12-13,15-17H,2,6-9H2,1H3. The number of anilines is 1. The zero-order chi connectivity index (χ0) is 12.5. The number of ether oxygens (including phenoxy) is 1. The highest BCUT2D eigenvalue weighted by molar-refractivity contribution is 5.60. The normalized spacial score (nSPS) is 30.9. The Bertz CT molecular complexity index is 427. The molecule has 0 amide bonds. The largest absolute Gasteiger partial charge is 0.391 e. The van der Waals surface area contributed by atoms with Crippen molar-refractivity contribution in [1.82, 2.24) is 0 Å². The van der Waals surface area contributed by atoms with Crippen LogP contribution in [0.3, 0.4) is 0 Å². The third-order valence-corrected chi connectivity index (χ3v) is 4.25. The Labute approximate surface area is 108 Å². The molecule has 0 aliphatic carbocycles. The van der Waals surface area contributed by atoms with E-state index < -0.39 is 0 Å². The van der Waals surface area contributed by atoms with E-state index >= 15 is 0 Å². The highest BCUT2D eigenvalue weighted by atomic mass is 16.5. The maximum atomic E-state index is 10.3. The number of aliphatic hydroxyl groups is 1. The van der Waals surface area contributed by atoms with E-state index in [1.54, 1.807) is 0 Å². The van der Waals surface area contributed by atoms with Gasteiger partial charge in [0.2, 0.25) is 0 Å². The number of aliphatic hydroxyl groups excluding tert-OH is 1. The second kappa shape index (κ2) is 4.90. The van der Waals surface area contributed by atoms with Crippen LogP contribution in [0.2, 0.25) is 0 Å². The van der Waals surface area contributed by atoms with E-state index in [1.165, 1.54) is 16.8 Å². The van der Waals surface area contributed by atoms with Crippen LogP contribution in [0.1, 0.15) is 24.5 Å². The van der Waals surface area contributed by atoms with Crippen molar-refractivity contribution in [3.05, 3.63) is 29.3 Å². The third-order valence-electron chi connectivity index (χ3n) is 4.25. The molecule has 3 unspecified atom stereocenters. The molecule has 98 valence electrons. The maximum Gasteiger partial charge on any atom is 0.0785 e. The van der Waals surface area contributed by atoms with Gasteiger partial charge in [-0.3, -0.25) is 0 Å². The van der Waals surface area contributed by atoms with Gasteiger partial charge in [0.05, 0.1) is 18.8 Å². The molecule has 1 aromatic rings. The van der Waals surface area contributed by atoms with Crippen LogP contribution >= 0.6 is 0 Å². The molecule has 0 aromatic heterocycles. The van der Waals surface area contributed by atoms with Crippen LogP contribution < -0.4 is 5.32 Å². The average molecular weight is 247 g/mol. The summed E-state index contributed by atoms with van der Waals surface area (Å²) >= 11 is 0. The van der Waals surface area contributed by atoms with Gasteiger partial charge >= 0.3 is 0 Å². The fourth-order valence-corrected chi connectivity index (χ4v) is 3.19. The molecule has 2 heterocycles. The lowest BCUT2D eigenvalue weighted by Crippen LogP contribution is -2.45. The minimum atomic E-state index is -0.295. The molecular weight excluding hydrogens is 226 g/mol. The monoisotopic (exact) mass is 247 g/mol. The van der Waals surface area contributed by atoms with Crippen LogP contribution in [-0.2, 0) is 17.6 Å². The minimum Gasteiger partial charge on any atom is -0.391 e.